The average Bonchev–Trinajstić information content (AvgIpc) is 2.56. The molecule has 4 N–H and O–H groups in total. The smallest absolute Gasteiger partial charge is 0.325 e. The van der Waals surface area contributed by atoms with E-state index < -0.39 is 38.5 Å². The van der Waals surface area contributed by atoms with E-state index in [1.165, 1.54) is 0 Å². The number of halogens is 1. The summed E-state index contributed by atoms with van der Waals surface area (Å²) >= 11 is 5.82. The molecular weight excluding hydrogens is 312 g/mol. The van der Waals surface area contributed by atoms with Gasteiger partial charge in [0, 0.05) is 6.20 Å². The lowest BCUT2D eigenvalue weighted by Crippen LogP contribution is -2.43. The van der Waals surface area contributed by atoms with Gasteiger partial charge in [-0.05, 0) is 0 Å². The highest BCUT2D eigenvalue weighted by Gasteiger charge is 2.37. The molecule has 0 unspecified atom stereocenters. The molecule has 0 spiro atoms. The van der Waals surface area contributed by atoms with Crippen molar-refractivity contribution >= 4 is 33.2 Å². The average molecular weight is 323 g/mol. The Bertz CT molecular complexity index is 739. The van der Waals surface area contributed by atoms with Crippen LogP contribution in [-0.4, -0.2) is 47.3 Å². The quantitative estimate of drug-likeness (QED) is 0.495. The van der Waals surface area contributed by atoms with Crippen molar-refractivity contribution in [2.75, 3.05) is 16.8 Å². The normalized spacial score (nSPS) is 24.2. The van der Waals surface area contributed by atoms with Crippen molar-refractivity contribution in [2.45, 2.75) is 11.4 Å². The highest BCUT2D eigenvalue weighted by atomic mass is 35.5. The number of alkyl halides is 1. The second kappa shape index (κ2) is 5.29. The van der Waals surface area contributed by atoms with E-state index in [1.807, 2.05) is 4.98 Å². The molecule has 0 aromatic carbocycles. The molecule has 1 aromatic rings. The maximum Gasteiger partial charge on any atom is 0.325 e. The zero-order valence-corrected chi connectivity index (χ0v) is 11.5. The second-order valence-electron chi connectivity index (χ2n) is 4.28. The molecule has 0 saturated carbocycles. The van der Waals surface area contributed by atoms with Crippen LogP contribution in [0.4, 0.5) is 10.5 Å². The number of amides is 2. The van der Waals surface area contributed by atoms with Crippen LogP contribution in [0.15, 0.2) is 15.8 Å². The molecule has 2 heterocycles. The van der Waals surface area contributed by atoms with E-state index in [-0.39, 0.29) is 17.2 Å². The molecule has 11 heteroatoms. The van der Waals surface area contributed by atoms with Gasteiger partial charge in [0.2, 0.25) is 0 Å². The van der Waals surface area contributed by atoms with E-state index in [9.17, 15) is 22.8 Å². The van der Waals surface area contributed by atoms with Crippen molar-refractivity contribution in [2.24, 2.45) is 0 Å². The van der Waals surface area contributed by atoms with E-state index >= 15 is 0 Å². The van der Waals surface area contributed by atoms with Gasteiger partial charge in [0.25, 0.3) is 5.56 Å². The number of hydrogen-bond acceptors (Lipinski definition) is 5. The van der Waals surface area contributed by atoms with Gasteiger partial charge in [0.05, 0.1) is 22.9 Å². The van der Waals surface area contributed by atoms with Gasteiger partial charge in [0.1, 0.15) is 5.69 Å². The van der Waals surface area contributed by atoms with E-state index in [1.54, 1.807) is 0 Å². The Labute approximate surface area is 117 Å². The zero-order valence-electron chi connectivity index (χ0n) is 9.97. The maximum absolute atomic E-state index is 11.6. The lowest BCUT2D eigenvalue weighted by atomic mass is 10.2. The Balaban J connectivity index is 2.03. The van der Waals surface area contributed by atoms with Crippen LogP contribution >= 0.6 is 11.6 Å². The molecule has 2 rings (SSSR count). The number of carbonyl (C=O) groups is 1. The van der Waals surface area contributed by atoms with Crippen LogP contribution < -0.4 is 21.9 Å². The number of sulfone groups is 1. The van der Waals surface area contributed by atoms with Gasteiger partial charge in [-0.1, -0.05) is 0 Å². The third kappa shape index (κ3) is 3.39. The molecule has 9 nitrogen and oxygen atoms in total. The van der Waals surface area contributed by atoms with Crippen molar-refractivity contribution in [1.82, 2.24) is 15.3 Å². The van der Waals surface area contributed by atoms with Crippen molar-refractivity contribution < 1.29 is 13.2 Å². The molecule has 2 amide bonds. The molecule has 20 heavy (non-hydrogen) atoms. The number of hydrogen-bond donors (Lipinski definition) is 4. The van der Waals surface area contributed by atoms with Gasteiger partial charge in [-0.15, -0.1) is 11.6 Å². The largest absolute Gasteiger partial charge is 0.333 e. The fourth-order valence-electron chi connectivity index (χ4n) is 1.77. The summed E-state index contributed by atoms with van der Waals surface area (Å²) in [5.41, 5.74) is -1.65. The fraction of sp³-hybridized carbons (Fsp3) is 0.444. The molecule has 2 atom stereocenters. The predicted octanol–water partition coefficient (Wildman–Crippen LogP) is -1.41. The first-order chi connectivity index (χ1) is 9.27. The van der Waals surface area contributed by atoms with E-state index in [0.29, 0.717) is 0 Å². The first-order valence-electron chi connectivity index (χ1n) is 5.51. The lowest BCUT2D eigenvalue weighted by Gasteiger charge is -2.14. The van der Waals surface area contributed by atoms with Crippen LogP contribution in [0, 0.1) is 0 Å². The van der Waals surface area contributed by atoms with Gasteiger partial charge in [-0.25, -0.2) is 18.0 Å². The van der Waals surface area contributed by atoms with Crippen LogP contribution in [0.3, 0.4) is 0 Å². The monoisotopic (exact) mass is 322 g/mol. The maximum atomic E-state index is 11.6. The van der Waals surface area contributed by atoms with Gasteiger partial charge in [0.15, 0.2) is 9.84 Å². The standard InChI is InChI=1S/C9H11ClN4O5S/c10-4-2-20(18,19)3-6(4)13-9(17)12-5-1-11-8(16)14-7(5)15/h1,4,6H,2-3H2,(H2,12,13,17)(H2,11,14,15,16)/t4-,6-/m0/s1. The summed E-state index contributed by atoms with van der Waals surface area (Å²) in [5.74, 6) is -0.463. The molecule has 1 fully saturated rings. The summed E-state index contributed by atoms with van der Waals surface area (Å²) in [6.45, 7) is 0. The van der Waals surface area contributed by atoms with Crippen molar-refractivity contribution in [3.8, 4) is 0 Å². The van der Waals surface area contributed by atoms with Crippen molar-refractivity contribution in [3.05, 3.63) is 27.0 Å². The number of rotatable bonds is 2. The minimum Gasteiger partial charge on any atom is -0.333 e. The topological polar surface area (TPSA) is 141 Å². The molecular formula is C9H11ClN4O5S. The Morgan fingerprint density at radius 2 is 2.05 bits per heavy atom. The number of anilines is 1. The fourth-order valence-corrected chi connectivity index (χ4v) is 4.32. The van der Waals surface area contributed by atoms with Crippen LogP contribution in [0.25, 0.3) is 0 Å². The van der Waals surface area contributed by atoms with Crippen LogP contribution in [0.2, 0.25) is 0 Å². The van der Waals surface area contributed by atoms with E-state index in [0.717, 1.165) is 6.20 Å². The summed E-state index contributed by atoms with van der Waals surface area (Å²) in [5, 5.41) is 3.84. The third-order valence-electron chi connectivity index (χ3n) is 2.67. The summed E-state index contributed by atoms with van der Waals surface area (Å²) in [4.78, 5) is 37.9. The molecule has 1 aromatic heterocycles. The molecule has 0 radical (unpaired) electrons. The molecule has 110 valence electrons. The van der Waals surface area contributed by atoms with Gasteiger partial charge < -0.3 is 15.6 Å². The van der Waals surface area contributed by atoms with E-state index in [4.69, 9.17) is 11.6 Å². The first-order valence-corrected chi connectivity index (χ1v) is 7.76. The highest BCUT2D eigenvalue weighted by Crippen LogP contribution is 2.17. The summed E-state index contributed by atoms with van der Waals surface area (Å²) in [7, 11) is -3.27. The summed E-state index contributed by atoms with van der Waals surface area (Å²) in [6, 6.07) is -1.51. The number of aromatic nitrogens is 2. The minimum atomic E-state index is -3.27. The third-order valence-corrected chi connectivity index (χ3v) is 5.04. The van der Waals surface area contributed by atoms with Gasteiger partial charge in [-0.2, -0.15) is 0 Å². The first kappa shape index (κ1) is 14.6. The lowest BCUT2D eigenvalue weighted by molar-refractivity contribution is 0.249. The second-order valence-corrected chi connectivity index (χ2v) is 7.00. The Morgan fingerprint density at radius 1 is 1.35 bits per heavy atom. The molecule has 1 saturated heterocycles. The molecule has 1 aliphatic heterocycles. The number of aromatic amines is 2. The Kier molecular flexibility index (Phi) is 3.86. The predicted molar refractivity (Wildman–Crippen MR) is 71.9 cm³/mol. The number of urea groups is 1. The summed E-state index contributed by atoms with van der Waals surface area (Å²) in [6.07, 6.45) is 1.03. The Morgan fingerprint density at radius 3 is 2.60 bits per heavy atom. The van der Waals surface area contributed by atoms with Crippen molar-refractivity contribution in [3.63, 3.8) is 0 Å². The number of nitrogens with one attached hydrogen (secondary N) is 4. The molecule has 1 aliphatic rings. The van der Waals surface area contributed by atoms with Gasteiger partial charge in [-0.3, -0.25) is 9.78 Å². The van der Waals surface area contributed by atoms with Gasteiger partial charge >= 0.3 is 11.7 Å². The molecule has 0 aliphatic carbocycles. The van der Waals surface area contributed by atoms with Crippen LogP contribution in [0.5, 0.6) is 0 Å². The van der Waals surface area contributed by atoms with Crippen LogP contribution in [-0.2, 0) is 9.84 Å². The zero-order chi connectivity index (χ0) is 14.9. The SMILES string of the molecule is O=C(Nc1c[nH]c(=O)[nH]c1=O)N[C@H]1CS(=O)(=O)C[C@@H]1Cl. The Hall–Kier alpha value is -1.81. The van der Waals surface area contributed by atoms with Crippen molar-refractivity contribution in [1.29, 1.82) is 0 Å². The highest BCUT2D eigenvalue weighted by molar-refractivity contribution is 7.91. The van der Waals surface area contributed by atoms with Crippen LogP contribution in [0.1, 0.15) is 0 Å². The minimum absolute atomic E-state index is 0.172. The number of carbonyl (C=O) groups excluding carboxylic acids is 1. The number of H-pyrrole nitrogens is 2. The van der Waals surface area contributed by atoms with E-state index in [2.05, 4.69) is 15.6 Å². The molecule has 0 bridgehead atoms. The summed E-state index contributed by atoms with van der Waals surface area (Å²) < 4.78 is 22.7.